The van der Waals surface area contributed by atoms with Crippen molar-refractivity contribution in [3.05, 3.63) is 158 Å². The molecule has 52 heavy (non-hydrogen) atoms. The number of benzene rings is 8. The highest BCUT2D eigenvalue weighted by Gasteiger charge is 2.24. The standard InChI is InChI=1S/C47H26N4S/c1-2-14-30-28(12-1)29-13-3-4-15-31(29)37-26-27(23-24-32(30)37)43-35-18-7-9-20-38(35)49-47(50-43)51-39-21-11-25-48-44(39)42-34-17-6-5-16-33(34)41-36-19-8-10-22-40(36)52-46(41)45(42)51/h1-26H. The Balaban J connectivity index is 1.23. The molecule has 4 heterocycles. The second-order valence-electron chi connectivity index (χ2n) is 13.5. The van der Waals surface area contributed by atoms with Gasteiger partial charge in [0.15, 0.2) is 0 Å². The number of fused-ring (bicyclic) bond motifs is 17. The third-order valence-corrected chi connectivity index (χ3v) is 12.0. The van der Waals surface area contributed by atoms with Crippen molar-refractivity contribution in [3.63, 3.8) is 0 Å². The first-order chi connectivity index (χ1) is 25.8. The molecule has 0 saturated carbocycles. The second kappa shape index (κ2) is 10.4. The number of pyridine rings is 1. The third-order valence-electron chi connectivity index (χ3n) is 10.8. The van der Waals surface area contributed by atoms with Crippen molar-refractivity contribution in [1.29, 1.82) is 0 Å². The number of aromatic nitrogens is 4. The molecule has 0 N–H and O–H groups in total. The van der Waals surface area contributed by atoms with Gasteiger partial charge in [0.2, 0.25) is 5.95 Å². The number of thiophene rings is 1. The highest BCUT2D eigenvalue weighted by molar-refractivity contribution is 7.27. The minimum atomic E-state index is 0.638. The molecule has 0 atom stereocenters. The lowest BCUT2D eigenvalue weighted by atomic mass is 9.92. The van der Waals surface area contributed by atoms with Gasteiger partial charge in [-0.15, -0.1) is 11.3 Å². The number of nitrogens with zero attached hydrogens (tertiary/aromatic N) is 4. The highest BCUT2D eigenvalue weighted by Crippen LogP contribution is 2.47. The van der Waals surface area contributed by atoms with E-state index in [4.69, 9.17) is 15.0 Å². The molecule has 12 aromatic rings. The molecule has 0 aliphatic rings. The predicted molar refractivity (Wildman–Crippen MR) is 220 cm³/mol. The van der Waals surface area contributed by atoms with E-state index in [0.717, 1.165) is 44.1 Å². The number of para-hydroxylation sites is 1. The quantitative estimate of drug-likeness (QED) is 0.171. The van der Waals surface area contributed by atoms with Crippen LogP contribution in [0.5, 0.6) is 0 Å². The van der Waals surface area contributed by atoms with E-state index in [1.807, 2.05) is 23.6 Å². The second-order valence-corrected chi connectivity index (χ2v) is 14.6. The summed E-state index contributed by atoms with van der Waals surface area (Å²) in [5.74, 6) is 0.638. The van der Waals surface area contributed by atoms with Gasteiger partial charge in [0.1, 0.15) is 0 Å². The minimum absolute atomic E-state index is 0.638. The molecule has 0 radical (unpaired) electrons. The molecule has 8 aromatic carbocycles. The predicted octanol–water partition coefficient (Wildman–Crippen LogP) is 12.8. The molecule has 0 aliphatic heterocycles. The molecule has 0 fully saturated rings. The molecular formula is C47H26N4S. The van der Waals surface area contributed by atoms with Crippen LogP contribution in [0.3, 0.4) is 0 Å². The van der Waals surface area contributed by atoms with Crippen LogP contribution in [0.1, 0.15) is 0 Å². The number of hydrogen-bond donors (Lipinski definition) is 0. The monoisotopic (exact) mass is 678 g/mol. The Morgan fingerprint density at radius 1 is 0.462 bits per heavy atom. The first kappa shape index (κ1) is 28.1. The van der Waals surface area contributed by atoms with E-state index in [0.29, 0.717) is 5.95 Å². The van der Waals surface area contributed by atoms with Gasteiger partial charge in [-0.2, -0.15) is 0 Å². The molecule has 5 heteroatoms. The van der Waals surface area contributed by atoms with E-state index in [-0.39, 0.29) is 0 Å². The third kappa shape index (κ3) is 3.72. The molecule has 0 bridgehead atoms. The van der Waals surface area contributed by atoms with Crippen LogP contribution < -0.4 is 0 Å². The Kier molecular flexibility index (Phi) is 5.62. The van der Waals surface area contributed by atoms with Crippen molar-refractivity contribution in [2.45, 2.75) is 0 Å². The van der Waals surface area contributed by atoms with E-state index in [1.165, 1.54) is 63.3 Å². The summed E-state index contributed by atoms with van der Waals surface area (Å²) < 4.78 is 4.74. The summed E-state index contributed by atoms with van der Waals surface area (Å²) in [4.78, 5) is 15.9. The fourth-order valence-corrected chi connectivity index (χ4v) is 9.89. The zero-order valence-electron chi connectivity index (χ0n) is 27.7. The van der Waals surface area contributed by atoms with E-state index in [2.05, 4.69) is 150 Å². The van der Waals surface area contributed by atoms with E-state index >= 15 is 0 Å². The van der Waals surface area contributed by atoms with Crippen LogP contribution >= 0.6 is 11.3 Å². The Bertz CT molecular complexity index is 3450. The molecular weight excluding hydrogens is 653 g/mol. The Morgan fingerprint density at radius 3 is 1.81 bits per heavy atom. The van der Waals surface area contributed by atoms with Crippen molar-refractivity contribution >= 4 is 107 Å². The van der Waals surface area contributed by atoms with Crippen LogP contribution in [-0.4, -0.2) is 19.5 Å². The van der Waals surface area contributed by atoms with Gasteiger partial charge >= 0.3 is 0 Å². The minimum Gasteiger partial charge on any atom is -0.275 e. The maximum atomic E-state index is 5.53. The molecule has 0 spiro atoms. The fourth-order valence-electron chi connectivity index (χ4n) is 8.63. The van der Waals surface area contributed by atoms with Crippen molar-refractivity contribution < 1.29 is 0 Å². The SMILES string of the molecule is c1ccc2c(-c3ccc4c5ccccc5c5ccccc5c4c3)nc(-n3c4cccnc4c4c5ccccc5c5c6ccccc6sc5c43)nc2c1. The molecule has 4 nitrogen and oxygen atoms in total. The maximum absolute atomic E-state index is 5.53. The number of rotatable bonds is 2. The van der Waals surface area contributed by atoms with Crippen LogP contribution in [-0.2, 0) is 0 Å². The van der Waals surface area contributed by atoms with Crippen LogP contribution in [0.2, 0.25) is 0 Å². The van der Waals surface area contributed by atoms with Crippen LogP contribution in [0.4, 0.5) is 0 Å². The lowest BCUT2D eigenvalue weighted by molar-refractivity contribution is 1.02. The molecule has 12 rings (SSSR count). The molecule has 0 amide bonds. The molecule has 0 saturated heterocycles. The zero-order valence-corrected chi connectivity index (χ0v) is 28.5. The van der Waals surface area contributed by atoms with Crippen LogP contribution in [0.15, 0.2) is 158 Å². The molecule has 240 valence electrons. The summed E-state index contributed by atoms with van der Waals surface area (Å²) in [6, 6.07) is 54.3. The maximum Gasteiger partial charge on any atom is 0.235 e. The van der Waals surface area contributed by atoms with Crippen molar-refractivity contribution in [2.75, 3.05) is 0 Å². The Hall–Kier alpha value is -6.69. The van der Waals surface area contributed by atoms with E-state index < -0.39 is 0 Å². The van der Waals surface area contributed by atoms with E-state index in [1.54, 1.807) is 0 Å². The number of hydrogen-bond acceptors (Lipinski definition) is 4. The van der Waals surface area contributed by atoms with Gasteiger partial charge < -0.3 is 0 Å². The van der Waals surface area contributed by atoms with Gasteiger partial charge in [0.05, 0.1) is 32.5 Å². The highest BCUT2D eigenvalue weighted by atomic mass is 32.1. The lowest BCUT2D eigenvalue weighted by Gasteiger charge is -2.14. The average Bonchev–Trinajstić information content (AvgIpc) is 3.78. The molecule has 0 unspecified atom stereocenters. The van der Waals surface area contributed by atoms with Gasteiger partial charge in [-0.05, 0) is 73.4 Å². The van der Waals surface area contributed by atoms with Gasteiger partial charge in [-0.25, -0.2) is 9.97 Å². The van der Waals surface area contributed by atoms with Crippen molar-refractivity contribution in [2.24, 2.45) is 0 Å². The van der Waals surface area contributed by atoms with Gasteiger partial charge in [-0.1, -0.05) is 121 Å². The normalized spacial score (nSPS) is 12.2. The zero-order chi connectivity index (χ0) is 33.9. The summed E-state index contributed by atoms with van der Waals surface area (Å²) in [5.41, 5.74) is 5.91. The summed E-state index contributed by atoms with van der Waals surface area (Å²) in [7, 11) is 0. The smallest absolute Gasteiger partial charge is 0.235 e. The summed E-state index contributed by atoms with van der Waals surface area (Å²) in [5, 5.41) is 14.6. The van der Waals surface area contributed by atoms with E-state index in [9.17, 15) is 0 Å². The van der Waals surface area contributed by atoms with Gasteiger partial charge in [-0.3, -0.25) is 9.55 Å². The lowest BCUT2D eigenvalue weighted by Crippen LogP contribution is -2.03. The summed E-state index contributed by atoms with van der Waals surface area (Å²) >= 11 is 1.83. The Labute approximate surface area is 300 Å². The largest absolute Gasteiger partial charge is 0.275 e. The van der Waals surface area contributed by atoms with Crippen molar-refractivity contribution in [3.8, 4) is 17.2 Å². The summed E-state index contributed by atoms with van der Waals surface area (Å²) in [6.07, 6.45) is 1.89. The van der Waals surface area contributed by atoms with Crippen molar-refractivity contribution in [1.82, 2.24) is 19.5 Å². The van der Waals surface area contributed by atoms with Gasteiger partial charge in [0, 0.05) is 38.0 Å². The van der Waals surface area contributed by atoms with Crippen LogP contribution in [0, 0.1) is 0 Å². The first-order valence-corrected chi connectivity index (χ1v) is 18.4. The Morgan fingerprint density at radius 2 is 1.06 bits per heavy atom. The average molecular weight is 679 g/mol. The van der Waals surface area contributed by atoms with Gasteiger partial charge in [0.25, 0.3) is 0 Å². The fraction of sp³-hybridized carbons (Fsp3) is 0. The topological polar surface area (TPSA) is 43.6 Å². The summed E-state index contributed by atoms with van der Waals surface area (Å²) in [6.45, 7) is 0. The van der Waals surface area contributed by atoms with Crippen LogP contribution in [0.25, 0.3) is 113 Å². The molecule has 4 aromatic heterocycles. The molecule has 0 aliphatic carbocycles. The first-order valence-electron chi connectivity index (χ1n) is 17.5.